The highest BCUT2D eigenvalue weighted by atomic mass is 16.4. The lowest BCUT2D eigenvalue weighted by molar-refractivity contribution is -0.137. The minimum absolute atomic E-state index is 0.130. The highest BCUT2D eigenvalue weighted by Crippen LogP contribution is 2.28. The van der Waals surface area contributed by atoms with E-state index in [4.69, 9.17) is 0 Å². The zero-order chi connectivity index (χ0) is 27.9. The molecular weight excluding hydrogens is 496 g/mol. The van der Waals surface area contributed by atoms with Crippen molar-refractivity contribution in [3.05, 3.63) is 89.5 Å². The average Bonchev–Trinajstić information content (AvgIpc) is 3.34. The lowest BCUT2D eigenvalue weighted by atomic mass is 10.0. The van der Waals surface area contributed by atoms with Gasteiger partial charge >= 0.3 is 12.0 Å². The standard InChI is InChI=1S/C30H32N4O5/c1-3-33(25-9-6-8-23(18-25)26(19-29(37)38)31-20(2)35)28(36)17-21-11-13-24(14-12-21)32-30(39)34-16-15-22-7-4-5-10-27(22)34/h4-14,18,26H,3,15-17,19H2,1-2H3,(H,31,35)(H,32,39)(H,37,38). The van der Waals surface area contributed by atoms with Crippen molar-refractivity contribution in [2.24, 2.45) is 0 Å². The van der Waals surface area contributed by atoms with E-state index >= 15 is 0 Å². The molecule has 1 aliphatic heterocycles. The van der Waals surface area contributed by atoms with Crippen molar-refractivity contribution in [3.63, 3.8) is 0 Å². The number of urea groups is 1. The predicted octanol–water partition coefficient (Wildman–Crippen LogP) is 4.53. The molecule has 0 saturated heterocycles. The smallest absolute Gasteiger partial charge is 0.326 e. The highest BCUT2D eigenvalue weighted by molar-refractivity contribution is 6.03. The Balaban J connectivity index is 1.41. The van der Waals surface area contributed by atoms with Crippen LogP contribution in [0.5, 0.6) is 0 Å². The van der Waals surface area contributed by atoms with E-state index in [9.17, 15) is 24.3 Å². The molecule has 0 spiro atoms. The maximum atomic E-state index is 13.2. The Morgan fingerprint density at radius 2 is 1.74 bits per heavy atom. The van der Waals surface area contributed by atoms with Gasteiger partial charge < -0.3 is 20.6 Å². The topological polar surface area (TPSA) is 119 Å². The molecule has 4 amide bonds. The summed E-state index contributed by atoms with van der Waals surface area (Å²) >= 11 is 0. The summed E-state index contributed by atoms with van der Waals surface area (Å²) in [5.74, 6) is -1.50. The summed E-state index contributed by atoms with van der Waals surface area (Å²) in [5, 5.41) is 14.9. The predicted molar refractivity (Wildman–Crippen MR) is 150 cm³/mol. The Hall–Kier alpha value is -4.66. The van der Waals surface area contributed by atoms with E-state index in [0.29, 0.717) is 30.0 Å². The molecule has 39 heavy (non-hydrogen) atoms. The first kappa shape index (κ1) is 27.4. The first-order valence-electron chi connectivity index (χ1n) is 12.9. The number of benzene rings is 3. The second-order valence-corrected chi connectivity index (χ2v) is 9.42. The minimum atomic E-state index is -1.03. The third-order valence-corrected chi connectivity index (χ3v) is 6.65. The van der Waals surface area contributed by atoms with E-state index in [0.717, 1.165) is 23.2 Å². The van der Waals surface area contributed by atoms with E-state index < -0.39 is 12.0 Å². The number of rotatable bonds is 9. The van der Waals surface area contributed by atoms with Crippen LogP contribution in [0, 0.1) is 0 Å². The Morgan fingerprint density at radius 1 is 1.00 bits per heavy atom. The van der Waals surface area contributed by atoms with E-state index in [1.165, 1.54) is 6.92 Å². The van der Waals surface area contributed by atoms with Gasteiger partial charge in [-0.2, -0.15) is 0 Å². The number of fused-ring (bicyclic) bond motifs is 1. The minimum Gasteiger partial charge on any atom is -0.481 e. The molecule has 4 rings (SSSR count). The highest BCUT2D eigenvalue weighted by Gasteiger charge is 2.24. The number of aliphatic carboxylic acids is 1. The number of amides is 4. The second-order valence-electron chi connectivity index (χ2n) is 9.42. The summed E-state index contributed by atoms with van der Waals surface area (Å²) in [5.41, 5.74) is 4.74. The Morgan fingerprint density at radius 3 is 2.44 bits per heavy atom. The molecule has 0 fully saturated rings. The third-order valence-electron chi connectivity index (χ3n) is 6.65. The fraction of sp³-hybridized carbons (Fsp3) is 0.267. The molecule has 0 radical (unpaired) electrons. The number of para-hydroxylation sites is 1. The first-order chi connectivity index (χ1) is 18.7. The van der Waals surface area contributed by atoms with Gasteiger partial charge in [-0.05, 0) is 60.4 Å². The summed E-state index contributed by atoms with van der Waals surface area (Å²) in [6, 6.07) is 21.2. The molecule has 3 N–H and O–H groups in total. The van der Waals surface area contributed by atoms with Gasteiger partial charge in [0.05, 0.1) is 18.9 Å². The van der Waals surface area contributed by atoms with Gasteiger partial charge in [0.1, 0.15) is 0 Å². The number of hydrogen-bond acceptors (Lipinski definition) is 4. The largest absolute Gasteiger partial charge is 0.481 e. The number of likely N-dealkylation sites (N-methyl/N-ethyl adjacent to an activating group) is 1. The summed E-state index contributed by atoms with van der Waals surface area (Å²) in [6.07, 6.45) is 0.710. The Labute approximate surface area is 227 Å². The molecule has 0 bridgehead atoms. The van der Waals surface area contributed by atoms with Crippen LogP contribution in [0.25, 0.3) is 0 Å². The van der Waals surface area contributed by atoms with Gasteiger partial charge in [-0.1, -0.05) is 42.5 Å². The fourth-order valence-electron chi connectivity index (χ4n) is 4.80. The molecule has 0 saturated carbocycles. The van der Waals surface area contributed by atoms with Crippen molar-refractivity contribution in [1.82, 2.24) is 5.32 Å². The van der Waals surface area contributed by atoms with Gasteiger partial charge in [0.15, 0.2) is 0 Å². The zero-order valence-corrected chi connectivity index (χ0v) is 22.0. The van der Waals surface area contributed by atoms with Gasteiger partial charge in [0.25, 0.3) is 0 Å². The second kappa shape index (κ2) is 12.3. The van der Waals surface area contributed by atoms with Crippen LogP contribution in [0.2, 0.25) is 0 Å². The summed E-state index contributed by atoms with van der Waals surface area (Å²) < 4.78 is 0. The molecule has 202 valence electrons. The van der Waals surface area contributed by atoms with Crippen LogP contribution in [-0.4, -0.2) is 42.0 Å². The van der Waals surface area contributed by atoms with E-state index in [1.54, 1.807) is 46.2 Å². The molecular formula is C30H32N4O5. The monoisotopic (exact) mass is 528 g/mol. The van der Waals surface area contributed by atoms with Gasteiger partial charge in [0.2, 0.25) is 11.8 Å². The molecule has 3 aromatic rings. The van der Waals surface area contributed by atoms with E-state index in [1.807, 2.05) is 43.3 Å². The number of carboxylic acid groups (broad SMARTS) is 1. The molecule has 3 aromatic carbocycles. The van der Waals surface area contributed by atoms with E-state index in [2.05, 4.69) is 10.6 Å². The van der Waals surface area contributed by atoms with Crippen LogP contribution < -0.4 is 20.4 Å². The van der Waals surface area contributed by atoms with Crippen LogP contribution >= 0.6 is 0 Å². The van der Waals surface area contributed by atoms with Crippen molar-refractivity contribution < 1.29 is 24.3 Å². The summed E-state index contributed by atoms with van der Waals surface area (Å²) in [7, 11) is 0. The Kier molecular flexibility index (Phi) is 8.60. The normalized spacial score (nSPS) is 12.8. The molecule has 9 heteroatoms. The van der Waals surface area contributed by atoms with Gasteiger partial charge in [-0.25, -0.2) is 4.79 Å². The quantitative estimate of drug-likeness (QED) is 0.377. The number of carboxylic acids is 1. The lowest BCUT2D eigenvalue weighted by Gasteiger charge is -2.24. The number of nitrogens with one attached hydrogen (secondary N) is 2. The Bertz CT molecular complexity index is 1360. The third kappa shape index (κ3) is 6.81. The number of hydrogen-bond donors (Lipinski definition) is 3. The average molecular weight is 529 g/mol. The molecule has 1 unspecified atom stereocenters. The maximum absolute atomic E-state index is 13.2. The van der Waals surface area contributed by atoms with Crippen LogP contribution in [0.15, 0.2) is 72.8 Å². The number of carbonyl (C=O) groups is 4. The van der Waals surface area contributed by atoms with Gasteiger partial charge in [-0.3, -0.25) is 19.3 Å². The van der Waals surface area contributed by atoms with Crippen molar-refractivity contribution in [2.75, 3.05) is 28.2 Å². The van der Waals surface area contributed by atoms with E-state index in [-0.39, 0.29) is 30.7 Å². The molecule has 1 heterocycles. The SMILES string of the molecule is CCN(C(=O)Cc1ccc(NC(=O)N2CCc3ccccc32)cc1)c1cccc(C(CC(=O)O)NC(C)=O)c1. The van der Waals surface area contributed by atoms with Crippen LogP contribution in [0.1, 0.15) is 43.0 Å². The number of anilines is 3. The van der Waals surface area contributed by atoms with Crippen LogP contribution in [0.3, 0.4) is 0 Å². The molecule has 0 aliphatic carbocycles. The van der Waals surface area contributed by atoms with Crippen molar-refractivity contribution in [1.29, 1.82) is 0 Å². The first-order valence-corrected chi connectivity index (χ1v) is 12.9. The van der Waals surface area contributed by atoms with Crippen molar-refractivity contribution in [3.8, 4) is 0 Å². The van der Waals surface area contributed by atoms with Crippen LogP contribution in [0.4, 0.5) is 21.9 Å². The lowest BCUT2D eigenvalue weighted by Crippen LogP contribution is -2.33. The molecule has 9 nitrogen and oxygen atoms in total. The number of carbonyl (C=O) groups excluding carboxylic acids is 3. The van der Waals surface area contributed by atoms with Crippen LogP contribution in [-0.2, 0) is 27.2 Å². The molecule has 1 aliphatic rings. The van der Waals surface area contributed by atoms with Crippen molar-refractivity contribution in [2.45, 2.75) is 39.2 Å². The summed E-state index contributed by atoms with van der Waals surface area (Å²) in [4.78, 5) is 52.3. The number of nitrogens with zero attached hydrogens (tertiary/aromatic N) is 2. The van der Waals surface area contributed by atoms with Gasteiger partial charge in [0, 0.05) is 37.1 Å². The maximum Gasteiger partial charge on any atom is 0.326 e. The fourth-order valence-corrected chi connectivity index (χ4v) is 4.80. The van der Waals surface area contributed by atoms with Gasteiger partial charge in [-0.15, -0.1) is 0 Å². The van der Waals surface area contributed by atoms with Crippen molar-refractivity contribution >= 4 is 40.9 Å². The summed E-state index contributed by atoms with van der Waals surface area (Å²) in [6.45, 7) is 4.25. The molecule has 0 aromatic heterocycles. The zero-order valence-electron chi connectivity index (χ0n) is 22.0. The molecule has 1 atom stereocenters.